The molecule has 17 heavy (non-hydrogen) atoms. The van der Waals surface area contributed by atoms with Crippen LogP contribution in [0.3, 0.4) is 0 Å². The minimum absolute atomic E-state index is 0.00475. The predicted octanol–water partition coefficient (Wildman–Crippen LogP) is 1.94. The van der Waals surface area contributed by atoms with E-state index in [4.69, 9.17) is 0 Å². The van der Waals surface area contributed by atoms with Gasteiger partial charge in [0.15, 0.2) is 5.78 Å². The summed E-state index contributed by atoms with van der Waals surface area (Å²) in [5, 5.41) is 0. The largest absolute Gasteiger partial charge is 0.468 e. The Bertz CT molecular complexity index is 509. The first kappa shape index (κ1) is 12.9. The van der Waals surface area contributed by atoms with Gasteiger partial charge in [-0.1, -0.05) is 17.9 Å². The first-order chi connectivity index (χ1) is 8.06. The van der Waals surface area contributed by atoms with Gasteiger partial charge in [0.2, 0.25) is 0 Å². The van der Waals surface area contributed by atoms with E-state index in [2.05, 4.69) is 16.6 Å². The van der Waals surface area contributed by atoms with Crippen LogP contribution in [0, 0.1) is 17.7 Å². The summed E-state index contributed by atoms with van der Waals surface area (Å²) in [6.07, 6.45) is -0.111. The smallest absolute Gasteiger partial charge is 0.317 e. The van der Waals surface area contributed by atoms with Crippen LogP contribution < -0.4 is 0 Å². The summed E-state index contributed by atoms with van der Waals surface area (Å²) in [6, 6.07) is 4.39. The SMILES string of the molecule is COC(=O)CC#Cc1cccc(C(C)=O)c1F. The fourth-order valence-electron chi connectivity index (χ4n) is 1.18. The Hall–Kier alpha value is -2.15. The monoisotopic (exact) mass is 234 g/mol. The number of ether oxygens (including phenoxy) is 1. The number of Topliss-reactive ketones (excluding diaryl/α,β-unsaturated/α-hetero) is 1. The molecule has 0 aliphatic carbocycles. The highest BCUT2D eigenvalue weighted by atomic mass is 19.1. The van der Waals surface area contributed by atoms with Gasteiger partial charge >= 0.3 is 5.97 Å². The Morgan fingerprint density at radius 3 is 2.71 bits per heavy atom. The molecule has 88 valence electrons. The molecule has 1 aromatic rings. The number of carbonyl (C=O) groups excluding carboxylic acids is 2. The van der Waals surface area contributed by atoms with Crippen molar-refractivity contribution >= 4 is 11.8 Å². The van der Waals surface area contributed by atoms with Crippen molar-refractivity contribution in [3.8, 4) is 11.8 Å². The van der Waals surface area contributed by atoms with Gasteiger partial charge in [-0.15, -0.1) is 0 Å². The number of methoxy groups -OCH3 is 1. The van der Waals surface area contributed by atoms with Gasteiger partial charge in [-0.05, 0) is 19.1 Å². The van der Waals surface area contributed by atoms with E-state index in [-0.39, 0.29) is 23.3 Å². The number of carbonyl (C=O) groups is 2. The zero-order valence-corrected chi connectivity index (χ0v) is 9.54. The van der Waals surface area contributed by atoms with Crippen LogP contribution in [-0.2, 0) is 9.53 Å². The summed E-state index contributed by atoms with van der Waals surface area (Å²) in [5.74, 6) is 3.48. The Labute approximate surface area is 98.6 Å². The lowest BCUT2D eigenvalue weighted by Gasteiger charge is -1.99. The van der Waals surface area contributed by atoms with Crippen LogP contribution in [0.1, 0.15) is 29.3 Å². The minimum atomic E-state index is -0.655. The number of rotatable bonds is 2. The molecule has 3 nitrogen and oxygen atoms in total. The summed E-state index contributed by atoms with van der Waals surface area (Å²) in [5.41, 5.74) is 0.0940. The standard InChI is InChI=1S/C13H11FO3/c1-9(15)11-7-3-5-10(13(11)14)6-4-8-12(16)17-2/h3,5,7H,8H2,1-2H3. The normalized spacial score (nSPS) is 9.12. The number of halogens is 1. The molecule has 1 aromatic carbocycles. The third-order valence-corrected chi connectivity index (χ3v) is 2.06. The van der Waals surface area contributed by atoms with E-state index >= 15 is 0 Å². The van der Waals surface area contributed by atoms with Crippen molar-refractivity contribution in [2.45, 2.75) is 13.3 Å². The molecular formula is C13H11FO3. The molecule has 0 heterocycles. The van der Waals surface area contributed by atoms with Gasteiger partial charge in [-0.25, -0.2) is 4.39 Å². The molecule has 0 bridgehead atoms. The molecule has 0 amide bonds. The minimum Gasteiger partial charge on any atom is -0.468 e. The molecule has 1 rings (SSSR count). The molecule has 4 heteroatoms. The molecule has 0 aliphatic heterocycles. The third-order valence-electron chi connectivity index (χ3n) is 2.06. The van der Waals surface area contributed by atoms with Crippen LogP contribution in [0.5, 0.6) is 0 Å². The van der Waals surface area contributed by atoms with Crippen molar-refractivity contribution in [2.75, 3.05) is 7.11 Å². The van der Waals surface area contributed by atoms with Crippen molar-refractivity contribution in [1.82, 2.24) is 0 Å². The van der Waals surface area contributed by atoms with Crippen molar-refractivity contribution in [2.24, 2.45) is 0 Å². The van der Waals surface area contributed by atoms with E-state index in [9.17, 15) is 14.0 Å². The van der Waals surface area contributed by atoms with Gasteiger partial charge in [0.05, 0.1) is 18.2 Å². The lowest BCUT2D eigenvalue weighted by Crippen LogP contribution is -1.99. The average molecular weight is 234 g/mol. The predicted molar refractivity (Wildman–Crippen MR) is 59.9 cm³/mol. The van der Waals surface area contributed by atoms with E-state index in [0.717, 1.165) is 0 Å². The van der Waals surface area contributed by atoms with Crippen LogP contribution >= 0.6 is 0 Å². The molecule has 0 aliphatic rings. The first-order valence-corrected chi connectivity index (χ1v) is 4.91. The van der Waals surface area contributed by atoms with Crippen LogP contribution in [0.2, 0.25) is 0 Å². The van der Waals surface area contributed by atoms with Gasteiger partial charge in [-0.2, -0.15) is 0 Å². The molecule has 0 unspecified atom stereocenters. The van der Waals surface area contributed by atoms with Gasteiger partial charge in [0.25, 0.3) is 0 Å². The fraction of sp³-hybridized carbons (Fsp3) is 0.231. The molecule has 0 radical (unpaired) electrons. The van der Waals surface area contributed by atoms with Crippen molar-refractivity contribution < 1.29 is 18.7 Å². The topological polar surface area (TPSA) is 43.4 Å². The van der Waals surface area contributed by atoms with Crippen LogP contribution in [0.25, 0.3) is 0 Å². The summed E-state index contributed by atoms with van der Waals surface area (Å²) >= 11 is 0. The zero-order valence-electron chi connectivity index (χ0n) is 9.54. The maximum Gasteiger partial charge on any atom is 0.317 e. The zero-order chi connectivity index (χ0) is 12.8. The highest BCUT2D eigenvalue weighted by Crippen LogP contribution is 2.12. The Morgan fingerprint density at radius 2 is 2.12 bits per heavy atom. The molecule has 0 fully saturated rings. The Balaban J connectivity index is 2.96. The maximum absolute atomic E-state index is 13.7. The highest BCUT2D eigenvalue weighted by molar-refractivity contribution is 5.94. The molecule has 0 saturated heterocycles. The first-order valence-electron chi connectivity index (χ1n) is 4.91. The number of benzene rings is 1. The second kappa shape index (κ2) is 5.80. The summed E-state index contributed by atoms with van der Waals surface area (Å²) in [7, 11) is 1.25. The van der Waals surface area contributed by atoms with Crippen LogP contribution in [0.15, 0.2) is 18.2 Å². The lowest BCUT2D eigenvalue weighted by molar-refractivity contribution is -0.139. The van der Waals surface area contributed by atoms with Crippen LogP contribution in [-0.4, -0.2) is 18.9 Å². The van der Waals surface area contributed by atoms with Crippen molar-refractivity contribution in [3.05, 3.63) is 35.1 Å². The highest BCUT2D eigenvalue weighted by Gasteiger charge is 2.09. The van der Waals surface area contributed by atoms with E-state index in [1.807, 2.05) is 0 Å². The quantitative estimate of drug-likeness (QED) is 0.446. The molecule has 0 saturated carbocycles. The van der Waals surface area contributed by atoms with Gasteiger partial charge in [0, 0.05) is 0 Å². The fourth-order valence-corrected chi connectivity index (χ4v) is 1.18. The Morgan fingerprint density at radius 1 is 1.41 bits per heavy atom. The lowest BCUT2D eigenvalue weighted by atomic mass is 10.1. The molecular weight excluding hydrogens is 223 g/mol. The number of hydrogen-bond donors (Lipinski definition) is 0. The molecule has 0 N–H and O–H groups in total. The van der Waals surface area contributed by atoms with Crippen molar-refractivity contribution in [3.63, 3.8) is 0 Å². The molecule has 0 atom stereocenters. The summed E-state index contributed by atoms with van der Waals surface area (Å²) in [4.78, 5) is 21.9. The molecule has 0 spiro atoms. The summed E-state index contributed by atoms with van der Waals surface area (Å²) < 4.78 is 18.1. The maximum atomic E-state index is 13.7. The van der Waals surface area contributed by atoms with Gasteiger partial charge < -0.3 is 4.74 Å². The van der Waals surface area contributed by atoms with E-state index in [1.165, 1.54) is 26.2 Å². The van der Waals surface area contributed by atoms with E-state index < -0.39 is 11.8 Å². The van der Waals surface area contributed by atoms with E-state index in [0.29, 0.717) is 0 Å². The second-order valence-corrected chi connectivity index (χ2v) is 3.28. The second-order valence-electron chi connectivity index (χ2n) is 3.28. The third kappa shape index (κ3) is 3.42. The summed E-state index contributed by atoms with van der Waals surface area (Å²) in [6.45, 7) is 1.28. The van der Waals surface area contributed by atoms with Gasteiger partial charge in [0.1, 0.15) is 12.2 Å². The number of ketones is 1. The molecule has 0 aromatic heterocycles. The average Bonchev–Trinajstić information content (AvgIpc) is 2.30. The number of esters is 1. The number of hydrogen-bond acceptors (Lipinski definition) is 3. The van der Waals surface area contributed by atoms with Crippen molar-refractivity contribution in [1.29, 1.82) is 0 Å². The van der Waals surface area contributed by atoms with E-state index in [1.54, 1.807) is 6.07 Å². The van der Waals surface area contributed by atoms with Crippen LogP contribution in [0.4, 0.5) is 4.39 Å². The Kier molecular flexibility index (Phi) is 4.41. The van der Waals surface area contributed by atoms with Gasteiger partial charge in [-0.3, -0.25) is 9.59 Å².